The van der Waals surface area contributed by atoms with Gasteiger partial charge in [-0.15, -0.1) is 0 Å². The summed E-state index contributed by atoms with van der Waals surface area (Å²) in [5.74, 6) is 0. The number of halogens is 2. The molecule has 1 aliphatic rings. The fourth-order valence-electron chi connectivity index (χ4n) is 2.19. The van der Waals surface area contributed by atoms with Crippen LogP contribution in [-0.2, 0) is 6.54 Å². The number of rotatable bonds is 4. The second kappa shape index (κ2) is 5.54. The van der Waals surface area contributed by atoms with E-state index in [1.807, 2.05) is 42.5 Å². The fraction of sp³-hybridized carbons (Fsp3) is 0.250. The number of nitrogens with one attached hydrogen (secondary N) is 1. The molecule has 0 aromatic heterocycles. The molecule has 1 N–H and O–H groups in total. The maximum atomic E-state index is 6.29. The summed E-state index contributed by atoms with van der Waals surface area (Å²) in [5, 5.41) is 5.07. The van der Waals surface area contributed by atoms with Crippen LogP contribution in [0.5, 0.6) is 0 Å². The molecule has 0 heterocycles. The number of hydrogen-bond donors (Lipinski definition) is 1. The monoisotopic (exact) mass is 291 g/mol. The van der Waals surface area contributed by atoms with E-state index in [2.05, 4.69) is 5.32 Å². The third-order valence-corrected chi connectivity index (χ3v) is 3.95. The van der Waals surface area contributed by atoms with Crippen LogP contribution in [0, 0.1) is 0 Å². The van der Waals surface area contributed by atoms with Crippen molar-refractivity contribution in [2.75, 3.05) is 0 Å². The lowest BCUT2D eigenvalue weighted by Crippen LogP contribution is -2.15. The van der Waals surface area contributed by atoms with Crippen molar-refractivity contribution in [2.45, 2.75) is 25.4 Å². The van der Waals surface area contributed by atoms with E-state index in [0.717, 1.165) is 27.7 Å². The van der Waals surface area contributed by atoms with Crippen molar-refractivity contribution in [1.82, 2.24) is 5.32 Å². The average molecular weight is 292 g/mol. The zero-order valence-electron chi connectivity index (χ0n) is 10.5. The summed E-state index contributed by atoms with van der Waals surface area (Å²) in [7, 11) is 0. The van der Waals surface area contributed by atoms with Crippen LogP contribution in [0.25, 0.3) is 11.1 Å². The van der Waals surface area contributed by atoms with Gasteiger partial charge in [0.25, 0.3) is 0 Å². The predicted molar refractivity (Wildman–Crippen MR) is 81.8 cm³/mol. The van der Waals surface area contributed by atoms with Crippen molar-refractivity contribution < 1.29 is 0 Å². The molecular weight excluding hydrogens is 277 g/mol. The van der Waals surface area contributed by atoms with Crippen molar-refractivity contribution in [1.29, 1.82) is 0 Å². The van der Waals surface area contributed by atoms with Gasteiger partial charge in [0.05, 0.1) is 0 Å². The van der Waals surface area contributed by atoms with Gasteiger partial charge < -0.3 is 5.32 Å². The summed E-state index contributed by atoms with van der Waals surface area (Å²) in [6.45, 7) is 0.839. The van der Waals surface area contributed by atoms with Gasteiger partial charge >= 0.3 is 0 Å². The van der Waals surface area contributed by atoms with Crippen LogP contribution >= 0.6 is 23.2 Å². The van der Waals surface area contributed by atoms with E-state index < -0.39 is 0 Å². The molecule has 0 atom stereocenters. The Morgan fingerprint density at radius 1 is 1.00 bits per heavy atom. The quantitative estimate of drug-likeness (QED) is 0.844. The van der Waals surface area contributed by atoms with Crippen LogP contribution in [0.4, 0.5) is 0 Å². The molecule has 19 heavy (non-hydrogen) atoms. The largest absolute Gasteiger partial charge is 0.310 e. The van der Waals surface area contributed by atoms with E-state index in [1.54, 1.807) is 0 Å². The first-order chi connectivity index (χ1) is 9.24. The highest BCUT2D eigenvalue weighted by atomic mass is 35.5. The Morgan fingerprint density at radius 3 is 2.53 bits per heavy atom. The lowest BCUT2D eigenvalue weighted by Gasteiger charge is -2.12. The van der Waals surface area contributed by atoms with Crippen molar-refractivity contribution in [3.63, 3.8) is 0 Å². The van der Waals surface area contributed by atoms with Gasteiger partial charge in [0.2, 0.25) is 0 Å². The summed E-state index contributed by atoms with van der Waals surface area (Å²) < 4.78 is 0. The van der Waals surface area contributed by atoms with Crippen molar-refractivity contribution in [2.24, 2.45) is 0 Å². The van der Waals surface area contributed by atoms with Crippen molar-refractivity contribution >= 4 is 23.2 Å². The van der Waals surface area contributed by atoms with Crippen LogP contribution in [0.2, 0.25) is 10.0 Å². The first-order valence-corrected chi connectivity index (χ1v) is 7.26. The average Bonchev–Trinajstić information content (AvgIpc) is 3.22. The minimum absolute atomic E-state index is 0.679. The third kappa shape index (κ3) is 3.11. The van der Waals surface area contributed by atoms with Gasteiger partial charge in [-0.1, -0.05) is 47.5 Å². The normalized spacial score (nSPS) is 14.6. The smallest absolute Gasteiger partial charge is 0.0484 e. The van der Waals surface area contributed by atoms with E-state index in [9.17, 15) is 0 Å². The van der Waals surface area contributed by atoms with Crippen LogP contribution in [-0.4, -0.2) is 6.04 Å². The molecule has 1 fully saturated rings. The van der Waals surface area contributed by atoms with Crippen LogP contribution in [0.1, 0.15) is 18.4 Å². The van der Waals surface area contributed by atoms with Crippen LogP contribution < -0.4 is 5.32 Å². The predicted octanol–water partition coefficient (Wildman–Crippen LogP) is 4.91. The third-order valence-electron chi connectivity index (χ3n) is 3.39. The highest BCUT2D eigenvalue weighted by Crippen LogP contribution is 2.32. The first-order valence-electron chi connectivity index (χ1n) is 6.51. The molecule has 1 saturated carbocycles. The molecule has 0 saturated heterocycles. The Labute approximate surface area is 123 Å². The molecule has 0 radical (unpaired) electrons. The van der Waals surface area contributed by atoms with Crippen LogP contribution in [0.3, 0.4) is 0 Å². The van der Waals surface area contributed by atoms with Gasteiger partial charge in [0.15, 0.2) is 0 Å². The lowest BCUT2D eigenvalue weighted by molar-refractivity contribution is 0.689. The number of benzene rings is 2. The molecule has 0 unspecified atom stereocenters. The van der Waals surface area contributed by atoms with Gasteiger partial charge in [0, 0.05) is 28.2 Å². The molecular formula is C16H15Cl2N. The first kappa shape index (κ1) is 13.0. The molecule has 1 aliphatic carbocycles. The van der Waals surface area contributed by atoms with Gasteiger partial charge in [0.1, 0.15) is 0 Å². The molecule has 0 amide bonds. The summed E-state index contributed by atoms with van der Waals surface area (Å²) in [5.41, 5.74) is 3.42. The Bertz CT molecular complexity index is 591. The maximum absolute atomic E-state index is 6.29. The van der Waals surface area contributed by atoms with Gasteiger partial charge in [-0.25, -0.2) is 0 Å². The second-order valence-corrected chi connectivity index (χ2v) is 5.78. The number of hydrogen-bond acceptors (Lipinski definition) is 1. The zero-order chi connectivity index (χ0) is 13.2. The Hall–Kier alpha value is -1.02. The van der Waals surface area contributed by atoms with E-state index in [-0.39, 0.29) is 0 Å². The summed E-state index contributed by atoms with van der Waals surface area (Å²) in [6, 6.07) is 14.6. The Balaban J connectivity index is 1.96. The zero-order valence-corrected chi connectivity index (χ0v) is 12.0. The maximum Gasteiger partial charge on any atom is 0.0484 e. The molecule has 0 aliphatic heterocycles. The minimum Gasteiger partial charge on any atom is -0.310 e. The molecule has 3 heteroatoms. The summed E-state index contributed by atoms with van der Waals surface area (Å²) in [4.78, 5) is 0. The minimum atomic E-state index is 0.679. The Morgan fingerprint density at radius 2 is 1.79 bits per heavy atom. The van der Waals surface area contributed by atoms with E-state index in [4.69, 9.17) is 23.2 Å². The fourth-order valence-corrected chi connectivity index (χ4v) is 2.62. The highest BCUT2D eigenvalue weighted by molar-refractivity contribution is 6.33. The molecule has 98 valence electrons. The highest BCUT2D eigenvalue weighted by Gasteiger charge is 2.20. The topological polar surface area (TPSA) is 12.0 Å². The molecule has 2 aromatic rings. The second-order valence-electron chi connectivity index (χ2n) is 4.94. The van der Waals surface area contributed by atoms with Crippen molar-refractivity contribution in [3.05, 3.63) is 58.1 Å². The van der Waals surface area contributed by atoms with Crippen molar-refractivity contribution in [3.8, 4) is 11.1 Å². The van der Waals surface area contributed by atoms with Crippen LogP contribution in [0.15, 0.2) is 42.5 Å². The molecule has 0 spiro atoms. The standard InChI is InChI=1S/C16H15Cl2N/c17-12-5-8-14(15-3-1-2-4-16(15)18)11(9-12)10-19-13-6-7-13/h1-5,8-9,13,19H,6-7,10H2. The Kier molecular flexibility index (Phi) is 3.79. The van der Waals surface area contributed by atoms with Gasteiger partial charge in [-0.3, -0.25) is 0 Å². The molecule has 3 rings (SSSR count). The molecule has 1 nitrogen and oxygen atoms in total. The summed E-state index contributed by atoms with van der Waals surface area (Å²) >= 11 is 12.4. The molecule has 0 bridgehead atoms. The lowest BCUT2D eigenvalue weighted by atomic mass is 9.99. The van der Waals surface area contributed by atoms with E-state index >= 15 is 0 Å². The van der Waals surface area contributed by atoms with E-state index in [1.165, 1.54) is 18.4 Å². The van der Waals surface area contributed by atoms with Gasteiger partial charge in [-0.2, -0.15) is 0 Å². The van der Waals surface area contributed by atoms with E-state index in [0.29, 0.717) is 6.04 Å². The van der Waals surface area contributed by atoms with Gasteiger partial charge in [-0.05, 0) is 42.2 Å². The summed E-state index contributed by atoms with van der Waals surface area (Å²) in [6.07, 6.45) is 2.56. The molecule has 2 aromatic carbocycles. The SMILES string of the molecule is Clc1ccc(-c2ccccc2Cl)c(CNC2CC2)c1.